The van der Waals surface area contributed by atoms with E-state index in [1.54, 1.807) is 24.3 Å². The van der Waals surface area contributed by atoms with Gasteiger partial charge >= 0.3 is 5.97 Å². The van der Waals surface area contributed by atoms with Crippen LogP contribution in [0.1, 0.15) is 47.6 Å². The lowest BCUT2D eigenvalue weighted by Gasteiger charge is -2.34. The van der Waals surface area contributed by atoms with E-state index >= 15 is 0 Å². The lowest BCUT2D eigenvalue weighted by Crippen LogP contribution is -2.47. The maximum Gasteiger partial charge on any atom is 0.335 e. The molecule has 2 aliphatic rings. The number of nitrogens with one attached hydrogen (secondary N) is 1. The van der Waals surface area contributed by atoms with Crippen molar-refractivity contribution in [3.63, 3.8) is 0 Å². The summed E-state index contributed by atoms with van der Waals surface area (Å²) in [5, 5.41) is 21.9. The number of piperazine rings is 1. The summed E-state index contributed by atoms with van der Waals surface area (Å²) in [6.45, 7) is 4.73. The van der Waals surface area contributed by atoms with Crippen LogP contribution in [-0.2, 0) is 6.54 Å². The summed E-state index contributed by atoms with van der Waals surface area (Å²) < 4.78 is 2.23. The van der Waals surface area contributed by atoms with Gasteiger partial charge in [0.25, 0.3) is 0 Å². The van der Waals surface area contributed by atoms with Crippen molar-refractivity contribution in [1.29, 1.82) is 0 Å². The number of hydrogen-bond donors (Lipinski definition) is 3. The predicted octanol–water partition coefficient (Wildman–Crippen LogP) is 3.43. The quantitative estimate of drug-likeness (QED) is 0.289. The minimum atomic E-state index is -0.944. The fourth-order valence-corrected chi connectivity index (χ4v) is 5.60. The fraction of sp³-hybridized carbons (Fsp3) is 0.414. The van der Waals surface area contributed by atoms with Crippen LogP contribution in [0.15, 0.2) is 48.9 Å². The number of carboxylic acids is 1. The van der Waals surface area contributed by atoms with Gasteiger partial charge in [-0.3, -0.25) is 9.88 Å². The molecule has 1 aliphatic heterocycles. The van der Waals surface area contributed by atoms with Gasteiger partial charge in [-0.25, -0.2) is 9.78 Å². The van der Waals surface area contributed by atoms with E-state index in [1.807, 2.05) is 24.7 Å². The number of β-amino-alcohol motifs (C(OH)–C–C–N with tert-alkyl or cyclic N) is 1. The van der Waals surface area contributed by atoms with Gasteiger partial charge in [-0.1, -0.05) is 31.0 Å². The number of carboxylic acid groups (broad SMARTS) is 1. The Morgan fingerprint density at radius 1 is 0.975 bits per heavy atom. The molecular formula is C29H34N8O3. The third-order valence-electron chi connectivity index (χ3n) is 7.91. The third kappa shape index (κ3) is 5.47. The molecule has 1 saturated carbocycles. The van der Waals surface area contributed by atoms with E-state index in [4.69, 9.17) is 20.1 Å². The lowest BCUT2D eigenvalue weighted by molar-refractivity contribution is 0.0697. The van der Waals surface area contributed by atoms with E-state index in [0.717, 1.165) is 67.0 Å². The Balaban J connectivity index is 1.23. The molecule has 0 bridgehead atoms. The monoisotopic (exact) mass is 542 g/mol. The average molecular weight is 543 g/mol. The second-order valence-corrected chi connectivity index (χ2v) is 10.5. The summed E-state index contributed by atoms with van der Waals surface area (Å²) in [6, 6.07) is 11.1. The zero-order chi connectivity index (χ0) is 27.5. The number of benzene rings is 1. The smallest absolute Gasteiger partial charge is 0.335 e. The van der Waals surface area contributed by atoms with Crippen LogP contribution in [0.25, 0.3) is 22.4 Å². The molecular weight excluding hydrogens is 508 g/mol. The third-order valence-corrected chi connectivity index (χ3v) is 7.91. The van der Waals surface area contributed by atoms with E-state index in [0.29, 0.717) is 30.9 Å². The molecule has 1 aromatic carbocycles. The lowest BCUT2D eigenvalue weighted by atomic mass is 10.1. The number of fused-ring (bicyclic) bond motifs is 1. The Morgan fingerprint density at radius 3 is 2.42 bits per heavy atom. The minimum Gasteiger partial charge on any atom is -0.478 e. The van der Waals surface area contributed by atoms with Crippen LogP contribution in [0.3, 0.4) is 0 Å². The molecule has 4 heterocycles. The van der Waals surface area contributed by atoms with Crippen molar-refractivity contribution in [2.75, 3.05) is 49.5 Å². The Kier molecular flexibility index (Phi) is 7.56. The molecule has 0 atom stereocenters. The van der Waals surface area contributed by atoms with Crippen LogP contribution in [0.5, 0.6) is 0 Å². The summed E-state index contributed by atoms with van der Waals surface area (Å²) in [5.41, 5.74) is 4.54. The molecule has 0 spiro atoms. The van der Waals surface area contributed by atoms with E-state index < -0.39 is 5.97 Å². The standard InChI is InChI=1S/C29H34N8O3/c38-16-15-35-11-13-36(14-12-35)29-33-26(25-27(34-29)37(19-32-25)23-3-1-2-4-23)31-18-20-5-10-24(30-17-20)21-6-8-22(9-7-21)28(39)40/h5-10,17,19,23,38H,1-4,11-16,18H2,(H,39,40)(H,31,33,34). The number of hydrogen-bond acceptors (Lipinski definition) is 9. The first-order chi connectivity index (χ1) is 19.6. The van der Waals surface area contributed by atoms with Crippen molar-refractivity contribution in [3.8, 4) is 11.3 Å². The largest absolute Gasteiger partial charge is 0.478 e. The van der Waals surface area contributed by atoms with E-state index in [-0.39, 0.29) is 12.2 Å². The highest BCUT2D eigenvalue weighted by Crippen LogP contribution is 2.33. The molecule has 1 aliphatic carbocycles. The van der Waals surface area contributed by atoms with Crippen LogP contribution < -0.4 is 10.2 Å². The number of rotatable bonds is 9. The van der Waals surface area contributed by atoms with Gasteiger partial charge in [0.05, 0.1) is 24.2 Å². The molecule has 6 rings (SSSR count). The number of anilines is 2. The van der Waals surface area contributed by atoms with E-state index in [2.05, 4.69) is 24.7 Å². The first kappa shape index (κ1) is 26.1. The van der Waals surface area contributed by atoms with Gasteiger partial charge in [0, 0.05) is 57.1 Å². The number of aliphatic hydroxyl groups excluding tert-OH is 1. The summed E-state index contributed by atoms with van der Waals surface area (Å²) >= 11 is 0. The van der Waals surface area contributed by atoms with Crippen LogP contribution >= 0.6 is 0 Å². The van der Waals surface area contributed by atoms with Crippen molar-refractivity contribution < 1.29 is 15.0 Å². The van der Waals surface area contributed by atoms with Gasteiger partial charge in [-0.05, 0) is 36.6 Å². The molecule has 40 heavy (non-hydrogen) atoms. The highest BCUT2D eigenvalue weighted by atomic mass is 16.4. The molecule has 0 radical (unpaired) electrons. The van der Waals surface area contributed by atoms with Crippen LogP contribution in [0.4, 0.5) is 11.8 Å². The SMILES string of the molecule is O=C(O)c1ccc(-c2ccc(CNc3nc(N4CCN(CCO)CC4)nc4c3ncn4C3CCCC3)cn2)cc1. The topological polar surface area (TPSA) is 133 Å². The molecule has 208 valence electrons. The maximum atomic E-state index is 11.1. The van der Waals surface area contributed by atoms with Crippen molar-refractivity contribution in [2.45, 2.75) is 38.3 Å². The molecule has 11 nitrogen and oxygen atoms in total. The highest BCUT2D eigenvalue weighted by Gasteiger charge is 2.25. The van der Waals surface area contributed by atoms with Crippen LogP contribution in [0.2, 0.25) is 0 Å². The first-order valence-corrected chi connectivity index (χ1v) is 13.9. The number of pyridine rings is 1. The number of imidazole rings is 1. The van der Waals surface area contributed by atoms with Crippen molar-refractivity contribution >= 4 is 28.9 Å². The molecule has 1 saturated heterocycles. The Hall–Kier alpha value is -4.09. The van der Waals surface area contributed by atoms with Crippen LogP contribution in [0, 0.1) is 0 Å². The van der Waals surface area contributed by atoms with E-state index in [1.165, 1.54) is 12.8 Å². The molecule has 11 heteroatoms. The molecule has 0 unspecified atom stereocenters. The Bertz CT molecular complexity index is 1460. The molecule has 4 aromatic rings. The van der Waals surface area contributed by atoms with Crippen molar-refractivity contribution in [2.24, 2.45) is 0 Å². The fourth-order valence-electron chi connectivity index (χ4n) is 5.60. The molecule has 3 aromatic heterocycles. The summed E-state index contributed by atoms with van der Waals surface area (Å²) in [5.74, 6) is 0.472. The summed E-state index contributed by atoms with van der Waals surface area (Å²) in [4.78, 5) is 34.9. The average Bonchev–Trinajstić information content (AvgIpc) is 3.67. The second kappa shape index (κ2) is 11.6. The maximum absolute atomic E-state index is 11.1. The number of aromatic carboxylic acids is 1. The van der Waals surface area contributed by atoms with Gasteiger partial charge in [0.2, 0.25) is 5.95 Å². The van der Waals surface area contributed by atoms with Gasteiger partial charge in [0.15, 0.2) is 17.0 Å². The number of aromatic nitrogens is 5. The van der Waals surface area contributed by atoms with E-state index in [9.17, 15) is 9.90 Å². The van der Waals surface area contributed by atoms with Gasteiger partial charge in [-0.2, -0.15) is 9.97 Å². The Labute approximate surface area is 232 Å². The number of aliphatic hydroxyl groups is 1. The predicted molar refractivity (Wildman–Crippen MR) is 153 cm³/mol. The van der Waals surface area contributed by atoms with Crippen molar-refractivity contribution in [1.82, 2.24) is 29.4 Å². The number of nitrogens with zero attached hydrogens (tertiary/aromatic N) is 7. The summed E-state index contributed by atoms with van der Waals surface area (Å²) in [6.07, 6.45) is 8.48. The zero-order valence-corrected chi connectivity index (χ0v) is 22.4. The van der Waals surface area contributed by atoms with Gasteiger partial charge in [-0.15, -0.1) is 0 Å². The molecule has 3 N–H and O–H groups in total. The van der Waals surface area contributed by atoms with Gasteiger partial charge in [0.1, 0.15) is 0 Å². The molecule has 0 amide bonds. The first-order valence-electron chi connectivity index (χ1n) is 13.9. The second-order valence-electron chi connectivity index (χ2n) is 10.5. The van der Waals surface area contributed by atoms with Gasteiger partial charge < -0.3 is 25.0 Å². The van der Waals surface area contributed by atoms with Crippen LogP contribution in [-0.4, -0.2) is 84.9 Å². The highest BCUT2D eigenvalue weighted by molar-refractivity contribution is 5.88. The van der Waals surface area contributed by atoms with Crippen molar-refractivity contribution in [3.05, 3.63) is 60.0 Å². The summed E-state index contributed by atoms with van der Waals surface area (Å²) in [7, 11) is 0. The zero-order valence-electron chi connectivity index (χ0n) is 22.4. The number of carbonyl (C=O) groups is 1. The normalized spacial score (nSPS) is 16.6. The Morgan fingerprint density at radius 2 is 1.75 bits per heavy atom. The molecule has 2 fully saturated rings. The minimum absolute atomic E-state index is 0.171.